The summed E-state index contributed by atoms with van der Waals surface area (Å²) in [4.78, 5) is 26.9. The van der Waals surface area contributed by atoms with Gasteiger partial charge in [0.15, 0.2) is 4.87 Å². The van der Waals surface area contributed by atoms with Crippen LogP contribution in [-0.2, 0) is 9.67 Å². The molecule has 2 aromatic carbocycles. The molecule has 2 N–H and O–H groups in total. The number of nitrogens with zero attached hydrogens (tertiary/aromatic N) is 1. The van der Waals surface area contributed by atoms with Crippen LogP contribution in [-0.4, -0.2) is 35.2 Å². The number of rotatable bonds is 2. The van der Waals surface area contributed by atoms with Crippen LogP contribution < -0.4 is 15.4 Å². The molecule has 2 heterocycles. The number of amides is 3. The molecule has 0 radical (unpaired) electrons. The SMILES string of the molecule is COc1ccc2c(c1)C1(SC(C)(C)CN1C(=O)Nc1ccc(C)cc1)C(=O)N2. The van der Waals surface area contributed by atoms with Crippen LogP contribution in [0.1, 0.15) is 25.0 Å². The van der Waals surface area contributed by atoms with Crippen molar-refractivity contribution in [2.24, 2.45) is 0 Å². The van der Waals surface area contributed by atoms with Crippen LogP contribution >= 0.6 is 11.8 Å². The zero-order valence-corrected chi connectivity index (χ0v) is 17.1. The number of aryl methyl sites for hydroxylation is 1. The topological polar surface area (TPSA) is 70.7 Å². The lowest BCUT2D eigenvalue weighted by Gasteiger charge is -2.32. The van der Waals surface area contributed by atoms with E-state index in [1.807, 2.05) is 57.2 Å². The van der Waals surface area contributed by atoms with Gasteiger partial charge >= 0.3 is 6.03 Å². The van der Waals surface area contributed by atoms with E-state index in [1.165, 1.54) is 11.8 Å². The minimum atomic E-state index is -1.12. The quantitative estimate of drug-likeness (QED) is 0.798. The van der Waals surface area contributed by atoms with E-state index in [9.17, 15) is 9.59 Å². The summed E-state index contributed by atoms with van der Waals surface area (Å²) in [7, 11) is 1.59. The van der Waals surface area contributed by atoms with Gasteiger partial charge in [-0.05, 0) is 51.1 Å². The molecule has 4 rings (SSSR count). The van der Waals surface area contributed by atoms with E-state index in [0.717, 1.165) is 11.1 Å². The van der Waals surface area contributed by atoms with Crippen molar-refractivity contribution >= 4 is 35.1 Å². The van der Waals surface area contributed by atoms with E-state index < -0.39 is 4.87 Å². The van der Waals surface area contributed by atoms with Gasteiger partial charge in [0.1, 0.15) is 5.75 Å². The van der Waals surface area contributed by atoms with E-state index in [2.05, 4.69) is 10.6 Å². The third kappa shape index (κ3) is 2.90. The summed E-state index contributed by atoms with van der Waals surface area (Å²) in [5.41, 5.74) is 3.28. The molecule has 0 aromatic heterocycles. The zero-order valence-electron chi connectivity index (χ0n) is 16.3. The lowest BCUT2D eigenvalue weighted by atomic mass is 10.0. The van der Waals surface area contributed by atoms with Crippen LogP contribution in [0.25, 0.3) is 0 Å². The molecule has 3 amide bonds. The van der Waals surface area contributed by atoms with Crippen molar-refractivity contribution in [1.29, 1.82) is 0 Å². The first-order valence-corrected chi connectivity index (χ1v) is 9.92. The minimum absolute atomic E-state index is 0.203. The van der Waals surface area contributed by atoms with Crippen LogP contribution in [0, 0.1) is 6.92 Å². The maximum atomic E-state index is 13.2. The molecule has 0 bridgehead atoms. The van der Waals surface area contributed by atoms with Crippen molar-refractivity contribution in [2.45, 2.75) is 30.4 Å². The van der Waals surface area contributed by atoms with Gasteiger partial charge in [-0.25, -0.2) is 4.79 Å². The lowest BCUT2D eigenvalue weighted by Crippen LogP contribution is -2.49. The Labute approximate surface area is 168 Å². The van der Waals surface area contributed by atoms with Gasteiger partial charge in [0.2, 0.25) is 0 Å². The number of urea groups is 1. The van der Waals surface area contributed by atoms with Gasteiger partial charge < -0.3 is 15.4 Å². The number of carbonyl (C=O) groups is 2. The Morgan fingerprint density at radius 2 is 1.93 bits per heavy atom. The van der Waals surface area contributed by atoms with E-state index in [-0.39, 0.29) is 16.7 Å². The summed E-state index contributed by atoms with van der Waals surface area (Å²) >= 11 is 1.49. The molecular formula is C21H23N3O3S. The van der Waals surface area contributed by atoms with Gasteiger partial charge in [0, 0.05) is 28.2 Å². The molecule has 1 unspecified atom stereocenters. The average molecular weight is 398 g/mol. The molecule has 28 heavy (non-hydrogen) atoms. The first kappa shape index (κ1) is 18.7. The van der Waals surface area contributed by atoms with E-state index >= 15 is 0 Å². The fourth-order valence-electron chi connectivity index (χ4n) is 3.76. The number of hydrogen-bond acceptors (Lipinski definition) is 4. The Morgan fingerprint density at radius 1 is 1.21 bits per heavy atom. The standard InChI is InChI=1S/C21H23N3O3S/c1-13-5-7-14(8-6-13)22-19(26)24-12-20(2,3)28-21(24)16-11-15(27-4)9-10-17(16)23-18(21)25/h5-11H,12H2,1-4H3,(H,22,26)(H,23,25). The highest BCUT2D eigenvalue weighted by molar-refractivity contribution is 8.02. The molecule has 2 aromatic rings. The largest absolute Gasteiger partial charge is 0.497 e. The predicted molar refractivity (Wildman–Crippen MR) is 112 cm³/mol. The number of carbonyl (C=O) groups excluding carboxylic acids is 2. The molecule has 2 aliphatic rings. The molecule has 7 heteroatoms. The molecule has 1 atom stereocenters. The first-order valence-electron chi connectivity index (χ1n) is 9.11. The summed E-state index contributed by atoms with van der Waals surface area (Å²) < 4.78 is 5.08. The summed E-state index contributed by atoms with van der Waals surface area (Å²) in [5, 5.41) is 5.88. The number of fused-ring (bicyclic) bond motifs is 2. The summed E-state index contributed by atoms with van der Waals surface area (Å²) in [5.74, 6) is 0.448. The number of thioether (sulfide) groups is 1. The Balaban J connectivity index is 1.75. The number of hydrogen-bond donors (Lipinski definition) is 2. The normalized spacial score (nSPS) is 22.1. The number of ether oxygens (including phenoxy) is 1. The van der Waals surface area contributed by atoms with Gasteiger partial charge in [-0.2, -0.15) is 0 Å². The summed E-state index contributed by atoms with van der Waals surface area (Å²) in [6, 6.07) is 12.8. The molecule has 2 aliphatic heterocycles. The highest BCUT2D eigenvalue weighted by Gasteiger charge is 2.61. The second kappa shape index (κ2) is 6.44. The summed E-state index contributed by atoms with van der Waals surface area (Å²) in [6.45, 7) is 6.53. The van der Waals surface area contributed by atoms with E-state index in [4.69, 9.17) is 4.74 Å². The molecule has 1 spiro atoms. The zero-order chi connectivity index (χ0) is 20.1. The molecule has 146 valence electrons. The van der Waals surface area contributed by atoms with Gasteiger partial charge in [-0.3, -0.25) is 9.69 Å². The van der Waals surface area contributed by atoms with Crippen LogP contribution in [0.15, 0.2) is 42.5 Å². The Morgan fingerprint density at radius 3 is 2.61 bits per heavy atom. The lowest BCUT2D eigenvalue weighted by molar-refractivity contribution is -0.121. The number of anilines is 2. The molecular weight excluding hydrogens is 374 g/mol. The number of methoxy groups -OCH3 is 1. The van der Waals surface area contributed by atoms with Gasteiger partial charge in [-0.15, -0.1) is 11.8 Å². The molecule has 6 nitrogen and oxygen atoms in total. The monoisotopic (exact) mass is 397 g/mol. The number of benzene rings is 2. The van der Waals surface area contributed by atoms with Crippen LogP contribution in [0.3, 0.4) is 0 Å². The molecule has 1 fully saturated rings. The summed E-state index contributed by atoms with van der Waals surface area (Å²) in [6.07, 6.45) is 0. The van der Waals surface area contributed by atoms with Crippen LogP contribution in [0.2, 0.25) is 0 Å². The molecule has 0 aliphatic carbocycles. The van der Waals surface area contributed by atoms with Gasteiger partial charge in [-0.1, -0.05) is 17.7 Å². The fraction of sp³-hybridized carbons (Fsp3) is 0.333. The molecule has 1 saturated heterocycles. The number of nitrogens with one attached hydrogen (secondary N) is 2. The minimum Gasteiger partial charge on any atom is -0.497 e. The van der Waals surface area contributed by atoms with Gasteiger partial charge in [0.25, 0.3) is 5.91 Å². The first-order chi connectivity index (χ1) is 13.2. The van der Waals surface area contributed by atoms with Crippen molar-refractivity contribution in [2.75, 3.05) is 24.3 Å². The fourth-order valence-corrected chi connectivity index (χ4v) is 5.43. The Bertz CT molecular complexity index is 958. The average Bonchev–Trinajstić information content (AvgIpc) is 3.10. The van der Waals surface area contributed by atoms with E-state index in [1.54, 1.807) is 18.1 Å². The Hall–Kier alpha value is -2.67. The maximum absolute atomic E-state index is 13.2. The highest BCUT2D eigenvalue weighted by Crippen LogP contribution is 2.58. The van der Waals surface area contributed by atoms with Crippen molar-refractivity contribution in [3.8, 4) is 5.75 Å². The van der Waals surface area contributed by atoms with Crippen molar-refractivity contribution < 1.29 is 14.3 Å². The second-order valence-electron chi connectivity index (χ2n) is 7.75. The van der Waals surface area contributed by atoms with E-state index in [0.29, 0.717) is 23.7 Å². The van der Waals surface area contributed by atoms with Crippen molar-refractivity contribution in [3.63, 3.8) is 0 Å². The predicted octanol–water partition coefficient (Wildman–Crippen LogP) is 4.17. The smallest absolute Gasteiger partial charge is 0.323 e. The maximum Gasteiger partial charge on any atom is 0.323 e. The van der Waals surface area contributed by atoms with Crippen molar-refractivity contribution in [1.82, 2.24) is 4.90 Å². The van der Waals surface area contributed by atoms with Crippen LogP contribution in [0.5, 0.6) is 5.75 Å². The highest BCUT2D eigenvalue weighted by atomic mass is 32.2. The van der Waals surface area contributed by atoms with Crippen LogP contribution in [0.4, 0.5) is 16.2 Å². The third-order valence-corrected chi connectivity index (χ3v) is 6.64. The second-order valence-corrected chi connectivity index (χ2v) is 9.65. The Kier molecular flexibility index (Phi) is 4.30. The van der Waals surface area contributed by atoms with Gasteiger partial charge in [0.05, 0.1) is 7.11 Å². The van der Waals surface area contributed by atoms with Crippen molar-refractivity contribution in [3.05, 3.63) is 53.6 Å². The molecule has 0 saturated carbocycles. The third-order valence-electron chi connectivity index (χ3n) is 5.04.